The van der Waals surface area contributed by atoms with Crippen molar-refractivity contribution >= 4 is 6.29 Å². The molecule has 86 valence electrons. The minimum Gasteiger partial charge on any atom is -0.477 e. The summed E-state index contributed by atoms with van der Waals surface area (Å²) < 4.78 is 5.45. The van der Waals surface area contributed by atoms with Gasteiger partial charge in [-0.2, -0.15) is 0 Å². The first-order chi connectivity index (χ1) is 8.40. The standard InChI is InChI=1S/C13H12N2O2/c16-10-11-4-3-8-15-13(11)17-9-6-12-5-1-2-7-14-12/h1-5,7-8,10H,6,9H2. The Bertz CT molecular complexity index is 486. The zero-order valence-electron chi connectivity index (χ0n) is 9.24. The predicted octanol–water partition coefficient (Wildman–Crippen LogP) is 1.91. The van der Waals surface area contributed by atoms with Gasteiger partial charge in [-0.3, -0.25) is 9.78 Å². The highest BCUT2D eigenvalue weighted by molar-refractivity contribution is 5.77. The van der Waals surface area contributed by atoms with E-state index in [1.807, 2.05) is 18.2 Å². The summed E-state index contributed by atoms with van der Waals surface area (Å²) in [5.41, 5.74) is 1.42. The topological polar surface area (TPSA) is 52.1 Å². The maximum Gasteiger partial charge on any atom is 0.224 e. The molecule has 0 saturated heterocycles. The van der Waals surface area contributed by atoms with E-state index < -0.39 is 0 Å². The average Bonchev–Trinajstić information content (AvgIpc) is 2.40. The largest absolute Gasteiger partial charge is 0.477 e. The van der Waals surface area contributed by atoms with E-state index in [9.17, 15) is 4.79 Å². The molecule has 4 nitrogen and oxygen atoms in total. The van der Waals surface area contributed by atoms with Gasteiger partial charge in [-0.05, 0) is 24.3 Å². The minimum atomic E-state index is 0.374. The van der Waals surface area contributed by atoms with Crippen LogP contribution in [-0.4, -0.2) is 22.9 Å². The molecule has 4 heteroatoms. The molecule has 0 amide bonds. The van der Waals surface area contributed by atoms with Crippen molar-refractivity contribution in [1.29, 1.82) is 0 Å². The van der Waals surface area contributed by atoms with E-state index in [1.165, 1.54) is 0 Å². The quantitative estimate of drug-likeness (QED) is 0.733. The summed E-state index contributed by atoms with van der Waals surface area (Å²) in [5, 5.41) is 0. The number of rotatable bonds is 5. The van der Waals surface area contributed by atoms with Crippen molar-refractivity contribution < 1.29 is 9.53 Å². The second-order valence-electron chi connectivity index (χ2n) is 3.44. The maximum atomic E-state index is 10.7. The molecule has 0 aliphatic heterocycles. The zero-order chi connectivity index (χ0) is 11.9. The Kier molecular flexibility index (Phi) is 3.81. The Morgan fingerprint density at radius 1 is 1.12 bits per heavy atom. The lowest BCUT2D eigenvalue weighted by atomic mass is 10.3. The highest BCUT2D eigenvalue weighted by Gasteiger charge is 2.03. The van der Waals surface area contributed by atoms with Gasteiger partial charge in [0.05, 0.1) is 12.2 Å². The highest BCUT2D eigenvalue weighted by Crippen LogP contribution is 2.11. The highest BCUT2D eigenvalue weighted by atomic mass is 16.5. The summed E-state index contributed by atoms with van der Waals surface area (Å²) in [7, 11) is 0. The fourth-order valence-electron chi connectivity index (χ4n) is 1.41. The van der Waals surface area contributed by atoms with Gasteiger partial charge in [-0.1, -0.05) is 6.07 Å². The summed E-state index contributed by atoms with van der Waals surface area (Å²) in [6.45, 7) is 0.453. The van der Waals surface area contributed by atoms with Crippen molar-refractivity contribution in [2.75, 3.05) is 6.61 Å². The van der Waals surface area contributed by atoms with Crippen molar-refractivity contribution in [2.24, 2.45) is 0 Å². The molecule has 0 N–H and O–H groups in total. The van der Waals surface area contributed by atoms with Crippen molar-refractivity contribution in [2.45, 2.75) is 6.42 Å². The zero-order valence-corrected chi connectivity index (χ0v) is 9.24. The SMILES string of the molecule is O=Cc1cccnc1OCCc1ccccn1. The number of ether oxygens (including phenoxy) is 1. The van der Waals surface area contributed by atoms with Gasteiger partial charge in [0, 0.05) is 24.5 Å². The van der Waals surface area contributed by atoms with Gasteiger partial charge in [0.15, 0.2) is 6.29 Å². The minimum absolute atomic E-state index is 0.374. The van der Waals surface area contributed by atoms with Crippen LogP contribution in [-0.2, 0) is 6.42 Å². The number of hydrogen-bond acceptors (Lipinski definition) is 4. The van der Waals surface area contributed by atoms with Crippen molar-refractivity contribution in [3.8, 4) is 5.88 Å². The van der Waals surface area contributed by atoms with Crippen LogP contribution in [0.2, 0.25) is 0 Å². The summed E-state index contributed by atoms with van der Waals surface area (Å²) in [5.74, 6) is 0.374. The molecule has 0 atom stereocenters. The third kappa shape index (κ3) is 3.11. The molecule has 0 aromatic carbocycles. The van der Waals surface area contributed by atoms with Crippen molar-refractivity contribution in [3.63, 3.8) is 0 Å². The molecule has 0 aliphatic carbocycles. The number of nitrogens with zero attached hydrogens (tertiary/aromatic N) is 2. The van der Waals surface area contributed by atoms with E-state index in [2.05, 4.69) is 9.97 Å². The average molecular weight is 228 g/mol. The van der Waals surface area contributed by atoms with Crippen LogP contribution in [0.4, 0.5) is 0 Å². The lowest BCUT2D eigenvalue weighted by Crippen LogP contribution is -2.05. The van der Waals surface area contributed by atoms with E-state index in [-0.39, 0.29) is 0 Å². The van der Waals surface area contributed by atoms with Gasteiger partial charge in [0.2, 0.25) is 5.88 Å². The van der Waals surface area contributed by atoms with E-state index in [1.54, 1.807) is 24.5 Å². The molecular weight excluding hydrogens is 216 g/mol. The number of carbonyl (C=O) groups excluding carboxylic acids is 1. The molecule has 0 unspecified atom stereocenters. The fraction of sp³-hybridized carbons (Fsp3) is 0.154. The summed E-state index contributed by atoms with van der Waals surface area (Å²) in [6.07, 6.45) is 4.77. The van der Waals surface area contributed by atoms with E-state index >= 15 is 0 Å². The Balaban J connectivity index is 1.92. The lowest BCUT2D eigenvalue weighted by Gasteiger charge is -2.06. The second kappa shape index (κ2) is 5.75. The Hall–Kier alpha value is -2.23. The number of hydrogen-bond donors (Lipinski definition) is 0. The van der Waals surface area contributed by atoms with Gasteiger partial charge in [0.1, 0.15) is 0 Å². The molecule has 0 aliphatic rings. The van der Waals surface area contributed by atoms with Crippen LogP contribution in [0.3, 0.4) is 0 Å². The molecule has 0 spiro atoms. The fourth-order valence-corrected chi connectivity index (χ4v) is 1.41. The first kappa shape index (κ1) is 11.3. The van der Waals surface area contributed by atoms with Crippen LogP contribution < -0.4 is 4.74 Å². The van der Waals surface area contributed by atoms with Crippen LogP contribution in [0.15, 0.2) is 42.7 Å². The summed E-state index contributed by atoms with van der Waals surface area (Å²) in [6, 6.07) is 9.11. The van der Waals surface area contributed by atoms with Gasteiger partial charge >= 0.3 is 0 Å². The molecule has 2 rings (SSSR count). The number of aldehydes is 1. The summed E-state index contributed by atoms with van der Waals surface area (Å²) in [4.78, 5) is 18.9. The van der Waals surface area contributed by atoms with Gasteiger partial charge in [-0.25, -0.2) is 4.98 Å². The van der Waals surface area contributed by atoms with Crippen LogP contribution in [0.25, 0.3) is 0 Å². The lowest BCUT2D eigenvalue weighted by molar-refractivity contribution is 0.111. The van der Waals surface area contributed by atoms with Gasteiger partial charge in [0.25, 0.3) is 0 Å². The van der Waals surface area contributed by atoms with Crippen molar-refractivity contribution in [1.82, 2.24) is 9.97 Å². The molecular formula is C13H12N2O2. The molecule has 0 fully saturated rings. The second-order valence-corrected chi connectivity index (χ2v) is 3.44. The van der Waals surface area contributed by atoms with Crippen LogP contribution in [0, 0.1) is 0 Å². The van der Waals surface area contributed by atoms with E-state index in [0.717, 1.165) is 12.0 Å². The Morgan fingerprint density at radius 3 is 2.76 bits per heavy atom. The smallest absolute Gasteiger partial charge is 0.224 e. The van der Waals surface area contributed by atoms with Crippen LogP contribution in [0.5, 0.6) is 5.88 Å². The van der Waals surface area contributed by atoms with E-state index in [0.29, 0.717) is 24.5 Å². The molecule has 17 heavy (non-hydrogen) atoms. The normalized spacial score (nSPS) is 9.88. The third-order valence-electron chi connectivity index (χ3n) is 2.25. The van der Waals surface area contributed by atoms with Gasteiger partial charge in [-0.15, -0.1) is 0 Å². The van der Waals surface area contributed by atoms with Crippen LogP contribution >= 0.6 is 0 Å². The first-order valence-electron chi connectivity index (χ1n) is 5.33. The summed E-state index contributed by atoms with van der Waals surface area (Å²) >= 11 is 0. The molecule has 0 bridgehead atoms. The monoisotopic (exact) mass is 228 g/mol. The molecule has 0 saturated carbocycles. The third-order valence-corrected chi connectivity index (χ3v) is 2.25. The maximum absolute atomic E-state index is 10.7. The number of carbonyl (C=O) groups is 1. The number of aromatic nitrogens is 2. The Labute approximate surface area is 99.3 Å². The number of pyridine rings is 2. The van der Waals surface area contributed by atoms with Crippen molar-refractivity contribution in [3.05, 3.63) is 54.0 Å². The molecule has 2 aromatic rings. The van der Waals surface area contributed by atoms with Gasteiger partial charge < -0.3 is 4.74 Å². The molecule has 2 aromatic heterocycles. The molecule has 2 heterocycles. The Morgan fingerprint density at radius 2 is 2.00 bits per heavy atom. The molecule has 0 radical (unpaired) electrons. The van der Waals surface area contributed by atoms with E-state index in [4.69, 9.17) is 4.74 Å². The predicted molar refractivity (Wildman–Crippen MR) is 63.1 cm³/mol. The first-order valence-corrected chi connectivity index (χ1v) is 5.33. The van der Waals surface area contributed by atoms with Crippen LogP contribution in [0.1, 0.15) is 16.1 Å².